The summed E-state index contributed by atoms with van der Waals surface area (Å²) in [5.74, 6) is 0.366. The van der Waals surface area contributed by atoms with Crippen LogP contribution in [0.4, 0.5) is 0 Å². The second-order valence-electron chi connectivity index (χ2n) is 5.64. The summed E-state index contributed by atoms with van der Waals surface area (Å²) in [7, 11) is 3.81. The van der Waals surface area contributed by atoms with Crippen molar-refractivity contribution in [2.75, 3.05) is 20.3 Å². The molecule has 0 N–H and O–H groups in total. The van der Waals surface area contributed by atoms with Gasteiger partial charge in [-0.05, 0) is 17.7 Å². The second kappa shape index (κ2) is 6.18. The number of hydrogen-bond acceptors (Lipinski definition) is 3. The molecule has 1 atom stereocenters. The summed E-state index contributed by atoms with van der Waals surface area (Å²) in [5, 5.41) is 0.788. The van der Waals surface area contributed by atoms with E-state index in [1.165, 1.54) is 11.3 Å². The van der Waals surface area contributed by atoms with Crippen LogP contribution in [0.25, 0.3) is 0 Å². The normalized spacial score (nSPS) is 18.7. The van der Waals surface area contributed by atoms with Gasteiger partial charge >= 0.3 is 0 Å². The molecule has 0 saturated carbocycles. The van der Waals surface area contributed by atoms with E-state index < -0.39 is 0 Å². The summed E-state index contributed by atoms with van der Waals surface area (Å²) in [4.78, 5) is 6.95. The Balaban J connectivity index is 1.80. The molecule has 0 saturated heterocycles. The Labute approximate surface area is 130 Å². The maximum absolute atomic E-state index is 6.07. The van der Waals surface area contributed by atoms with Gasteiger partial charge in [0.15, 0.2) is 0 Å². The van der Waals surface area contributed by atoms with Crippen molar-refractivity contribution in [3.8, 4) is 0 Å². The van der Waals surface area contributed by atoms with Gasteiger partial charge in [0.05, 0.1) is 18.6 Å². The smallest absolute Gasteiger partial charge is 0.0949 e. The fraction of sp³-hybridized carbons (Fsp3) is 0.438. The minimum absolute atomic E-state index is 0.366. The van der Waals surface area contributed by atoms with E-state index in [1.54, 1.807) is 7.11 Å². The van der Waals surface area contributed by atoms with E-state index in [0.717, 1.165) is 37.0 Å². The van der Waals surface area contributed by atoms with Crippen molar-refractivity contribution in [3.05, 3.63) is 52.6 Å². The van der Waals surface area contributed by atoms with Gasteiger partial charge in [0.25, 0.3) is 0 Å². The summed E-state index contributed by atoms with van der Waals surface area (Å²) in [5.41, 5.74) is 3.70. The van der Waals surface area contributed by atoms with E-state index in [4.69, 9.17) is 16.3 Å². The summed E-state index contributed by atoms with van der Waals surface area (Å²) in [6.07, 6.45) is 1.90. The lowest BCUT2D eigenvalue weighted by molar-refractivity contribution is 0.132. The van der Waals surface area contributed by atoms with Crippen LogP contribution >= 0.6 is 11.6 Å². The molecule has 112 valence electrons. The van der Waals surface area contributed by atoms with E-state index in [2.05, 4.69) is 27.6 Å². The fourth-order valence-corrected chi connectivity index (χ4v) is 3.37. The fourth-order valence-electron chi connectivity index (χ4n) is 3.15. The molecule has 0 unspecified atom stereocenters. The van der Waals surface area contributed by atoms with Gasteiger partial charge in [0, 0.05) is 50.4 Å². The van der Waals surface area contributed by atoms with Crippen LogP contribution in [0.15, 0.2) is 30.6 Å². The molecule has 0 aliphatic carbocycles. The lowest BCUT2D eigenvalue weighted by Gasteiger charge is -2.32. The molecule has 0 bridgehead atoms. The van der Waals surface area contributed by atoms with Crippen molar-refractivity contribution in [3.63, 3.8) is 0 Å². The first-order valence-corrected chi connectivity index (χ1v) is 7.51. The first kappa shape index (κ1) is 14.6. The van der Waals surface area contributed by atoms with Crippen molar-refractivity contribution in [2.45, 2.75) is 19.0 Å². The van der Waals surface area contributed by atoms with Gasteiger partial charge in [-0.3, -0.25) is 4.90 Å². The van der Waals surface area contributed by atoms with Crippen LogP contribution in [0.1, 0.15) is 22.9 Å². The average Bonchev–Trinajstić information content (AvgIpc) is 2.81. The molecule has 1 aromatic carbocycles. The van der Waals surface area contributed by atoms with Crippen molar-refractivity contribution < 1.29 is 4.74 Å². The number of rotatable bonds is 4. The highest BCUT2D eigenvalue weighted by molar-refractivity contribution is 6.30. The van der Waals surface area contributed by atoms with Gasteiger partial charge in [0.1, 0.15) is 0 Å². The van der Waals surface area contributed by atoms with Crippen LogP contribution in [0.5, 0.6) is 0 Å². The van der Waals surface area contributed by atoms with Crippen LogP contribution in [0, 0.1) is 0 Å². The number of halogens is 1. The maximum atomic E-state index is 6.07. The predicted octanol–water partition coefficient (Wildman–Crippen LogP) is 2.82. The molecular weight excluding hydrogens is 286 g/mol. The highest BCUT2D eigenvalue weighted by Gasteiger charge is 2.28. The van der Waals surface area contributed by atoms with Crippen molar-refractivity contribution >= 4 is 11.6 Å². The van der Waals surface area contributed by atoms with Crippen LogP contribution in [0.3, 0.4) is 0 Å². The Morgan fingerprint density at radius 3 is 3.05 bits per heavy atom. The molecule has 3 rings (SSSR count). The molecular formula is C16H20ClN3O. The van der Waals surface area contributed by atoms with Crippen LogP contribution in [-0.4, -0.2) is 34.7 Å². The summed E-state index contributed by atoms with van der Waals surface area (Å²) in [6, 6.07) is 8.05. The highest BCUT2D eigenvalue weighted by atomic mass is 35.5. The molecule has 0 radical (unpaired) electrons. The van der Waals surface area contributed by atoms with Crippen LogP contribution in [0.2, 0.25) is 5.02 Å². The van der Waals surface area contributed by atoms with E-state index in [-0.39, 0.29) is 0 Å². The molecule has 0 spiro atoms. The van der Waals surface area contributed by atoms with Gasteiger partial charge in [-0.2, -0.15) is 0 Å². The molecule has 1 aliphatic heterocycles. The maximum Gasteiger partial charge on any atom is 0.0949 e. The lowest BCUT2D eigenvalue weighted by atomic mass is 9.98. The number of aryl methyl sites for hydroxylation is 1. The molecule has 21 heavy (non-hydrogen) atoms. The largest absolute Gasteiger partial charge is 0.384 e. The monoisotopic (exact) mass is 305 g/mol. The molecule has 2 aromatic rings. The average molecular weight is 306 g/mol. The van der Waals surface area contributed by atoms with Crippen molar-refractivity contribution in [1.82, 2.24) is 14.5 Å². The van der Waals surface area contributed by atoms with E-state index in [1.807, 2.05) is 24.5 Å². The topological polar surface area (TPSA) is 30.3 Å². The number of benzene rings is 1. The molecule has 0 fully saturated rings. The molecule has 1 aromatic heterocycles. The first-order chi connectivity index (χ1) is 10.2. The number of nitrogens with zero attached hydrogens (tertiary/aromatic N) is 3. The number of aromatic nitrogens is 2. The minimum atomic E-state index is 0.366. The van der Waals surface area contributed by atoms with Crippen LogP contribution in [-0.2, 0) is 24.9 Å². The third-order valence-electron chi connectivity index (χ3n) is 3.96. The van der Waals surface area contributed by atoms with Crippen molar-refractivity contribution in [1.29, 1.82) is 0 Å². The first-order valence-electron chi connectivity index (χ1n) is 7.13. The van der Waals surface area contributed by atoms with E-state index in [9.17, 15) is 0 Å². The molecule has 5 heteroatoms. The molecule has 4 nitrogen and oxygen atoms in total. The van der Waals surface area contributed by atoms with Gasteiger partial charge in [0.2, 0.25) is 0 Å². The Bertz CT molecular complexity index is 626. The van der Waals surface area contributed by atoms with Gasteiger partial charge in [-0.1, -0.05) is 23.7 Å². The summed E-state index contributed by atoms with van der Waals surface area (Å²) >= 11 is 6.07. The van der Waals surface area contributed by atoms with E-state index in [0.29, 0.717) is 5.92 Å². The quantitative estimate of drug-likeness (QED) is 0.870. The Morgan fingerprint density at radius 2 is 2.29 bits per heavy atom. The number of hydrogen-bond donors (Lipinski definition) is 0. The number of methoxy groups -OCH3 is 1. The van der Waals surface area contributed by atoms with Gasteiger partial charge in [-0.25, -0.2) is 4.98 Å². The lowest BCUT2D eigenvalue weighted by Crippen LogP contribution is -2.35. The second-order valence-corrected chi connectivity index (χ2v) is 6.08. The molecule has 2 heterocycles. The third kappa shape index (κ3) is 3.12. The van der Waals surface area contributed by atoms with Gasteiger partial charge in [-0.15, -0.1) is 0 Å². The predicted molar refractivity (Wildman–Crippen MR) is 83.4 cm³/mol. The number of imidazole rings is 1. The Kier molecular flexibility index (Phi) is 4.29. The minimum Gasteiger partial charge on any atom is -0.384 e. The zero-order valence-electron chi connectivity index (χ0n) is 12.4. The zero-order chi connectivity index (χ0) is 14.8. The van der Waals surface area contributed by atoms with Crippen molar-refractivity contribution in [2.24, 2.45) is 7.05 Å². The standard InChI is InChI=1S/C16H20ClN3O/c1-19-11-18-15-9-20(8-13(10-21-2)16(15)19)7-12-4-3-5-14(17)6-12/h3-6,11,13H,7-10H2,1-2H3/t13-/m0/s1. The molecule has 1 aliphatic rings. The summed E-state index contributed by atoms with van der Waals surface area (Å²) in [6.45, 7) is 3.46. The van der Waals surface area contributed by atoms with Crippen LogP contribution < -0.4 is 0 Å². The Hall–Kier alpha value is -1.36. The summed E-state index contributed by atoms with van der Waals surface area (Å²) < 4.78 is 7.51. The number of ether oxygens (including phenoxy) is 1. The zero-order valence-corrected chi connectivity index (χ0v) is 13.2. The SMILES string of the molecule is COC[C@@H]1CN(Cc2cccc(Cl)c2)Cc2ncn(C)c21. The number of fused-ring (bicyclic) bond motifs is 1. The van der Waals surface area contributed by atoms with Gasteiger partial charge < -0.3 is 9.30 Å². The van der Waals surface area contributed by atoms with E-state index >= 15 is 0 Å². The Morgan fingerprint density at radius 1 is 1.43 bits per heavy atom. The highest BCUT2D eigenvalue weighted by Crippen LogP contribution is 2.28. The molecule has 0 amide bonds. The third-order valence-corrected chi connectivity index (χ3v) is 4.20.